The second-order valence-electron chi connectivity index (χ2n) is 5.46. The molecule has 2 rings (SSSR count). The first kappa shape index (κ1) is 13.4. The predicted octanol–water partition coefficient (Wildman–Crippen LogP) is 3.91. The van der Waals surface area contributed by atoms with Crippen LogP contribution in [0, 0.1) is 11.8 Å². The van der Waals surface area contributed by atoms with E-state index in [1.807, 2.05) is 12.1 Å². The summed E-state index contributed by atoms with van der Waals surface area (Å²) in [5.74, 6) is 2.47. The number of benzene rings is 1. The van der Waals surface area contributed by atoms with E-state index in [9.17, 15) is 0 Å². The summed E-state index contributed by atoms with van der Waals surface area (Å²) in [5, 5.41) is 0. The van der Waals surface area contributed by atoms with Crippen LogP contribution in [-0.4, -0.2) is 7.11 Å². The summed E-state index contributed by atoms with van der Waals surface area (Å²) in [7, 11) is 1.72. The molecule has 1 unspecified atom stereocenters. The van der Waals surface area contributed by atoms with Crippen molar-refractivity contribution in [3.8, 4) is 5.75 Å². The molecule has 2 N–H and O–H groups in total. The van der Waals surface area contributed by atoms with Crippen LogP contribution in [0.5, 0.6) is 5.75 Å². The van der Waals surface area contributed by atoms with Gasteiger partial charge in [0.1, 0.15) is 5.75 Å². The summed E-state index contributed by atoms with van der Waals surface area (Å²) < 4.78 is 5.42. The Morgan fingerprint density at radius 2 is 1.89 bits per heavy atom. The second kappa shape index (κ2) is 6.24. The smallest absolute Gasteiger partial charge is 0.123 e. The minimum Gasteiger partial charge on any atom is -0.496 e. The molecule has 1 aliphatic carbocycles. The highest BCUT2D eigenvalue weighted by molar-refractivity contribution is 5.36. The molecule has 0 saturated heterocycles. The molecule has 0 amide bonds. The Morgan fingerprint density at radius 1 is 1.22 bits per heavy atom. The van der Waals surface area contributed by atoms with Crippen molar-refractivity contribution < 1.29 is 4.74 Å². The van der Waals surface area contributed by atoms with E-state index < -0.39 is 0 Å². The molecule has 1 saturated carbocycles. The summed E-state index contributed by atoms with van der Waals surface area (Å²) in [6.45, 7) is 2.30. The van der Waals surface area contributed by atoms with Crippen LogP contribution in [0.15, 0.2) is 24.3 Å². The van der Waals surface area contributed by atoms with Gasteiger partial charge in [0, 0.05) is 11.6 Å². The Morgan fingerprint density at radius 3 is 2.50 bits per heavy atom. The van der Waals surface area contributed by atoms with Gasteiger partial charge in [-0.1, -0.05) is 44.4 Å². The minimum atomic E-state index is 0.124. The maximum absolute atomic E-state index is 6.45. The van der Waals surface area contributed by atoms with E-state index in [0.717, 1.165) is 11.7 Å². The molecular formula is C16H25NO. The van der Waals surface area contributed by atoms with Crippen LogP contribution in [0.2, 0.25) is 0 Å². The van der Waals surface area contributed by atoms with Crippen molar-refractivity contribution in [3.63, 3.8) is 0 Å². The maximum atomic E-state index is 6.45. The van der Waals surface area contributed by atoms with Crippen molar-refractivity contribution in [1.82, 2.24) is 0 Å². The van der Waals surface area contributed by atoms with Gasteiger partial charge in [0.05, 0.1) is 7.11 Å². The number of hydrogen-bond donors (Lipinski definition) is 1. The molecule has 1 aromatic carbocycles. The molecule has 0 bridgehead atoms. The summed E-state index contributed by atoms with van der Waals surface area (Å²) in [5.41, 5.74) is 7.62. The first-order chi connectivity index (χ1) is 8.76. The number of para-hydroxylation sites is 1. The van der Waals surface area contributed by atoms with E-state index >= 15 is 0 Å². The molecule has 0 spiro atoms. The average molecular weight is 247 g/mol. The number of methoxy groups -OCH3 is 1. The van der Waals surface area contributed by atoms with Crippen molar-refractivity contribution in [2.24, 2.45) is 17.6 Å². The largest absolute Gasteiger partial charge is 0.496 e. The van der Waals surface area contributed by atoms with E-state index in [-0.39, 0.29) is 6.04 Å². The number of nitrogens with two attached hydrogens (primary N) is 1. The minimum absolute atomic E-state index is 0.124. The van der Waals surface area contributed by atoms with Gasteiger partial charge >= 0.3 is 0 Å². The van der Waals surface area contributed by atoms with Crippen molar-refractivity contribution in [2.75, 3.05) is 7.11 Å². The zero-order valence-corrected chi connectivity index (χ0v) is 11.6. The lowest BCUT2D eigenvalue weighted by atomic mass is 9.76. The molecule has 1 atom stereocenters. The molecule has 100 valence electrons. The lowest BCUT2D eigenvalue weighted by Crippen LogP contribution is -2.26. The fraction of sp³-hybridized carbons (Fsp3) is 0.625. The predicted molar refractivity (Wildman–Crippen MR) is 75.7 cm³/mol. The first-order valence-electron chi connectivity index (χ1n) is 7.14. The van der Waals surface area contributed by atoms with Crippen LogP contribution in [-0.2, 0) is 0 Å². The van der Waals surface area contributed by atoms with Crippen molar-refractivity contribution in [2.45, 2.75) is 45.1 Å². The normalized spacial score (nSPS) is 25.7. The Hall–Kier alpha value is -1.02. The molecule has 1 aromatic rings. The number of rotatable bonds is 4. The molecular weight excluding hydrogens is 222 g/mol. The Kier molecular flexibility index (Phi) is 4.65. The number of hydrogen-bond acceptors (Lipinski definition) is 2. The Labute approximate surface area is 111 Å². The Balaban J connectivity index is 2.05. The van der Waals surface area contributed by atoms with Gasteiger partial charge < -0.3 is 10.5 Å². The van der Waals surface area contributed by atoms with E-state index in [4.69, 9.17) is 10.5 Å². The fourth-order valence-electron chi connectivity index (χ4n) is 3.15. The lowest BCUT2D eigenvalue weighted by molar-refractivity contribution is 0.237. The summed E-state index contributed by atoms with van der Waals surface area (Å²) >= 11 is 0. The topological polar surface area (TPSA) is 35.2 Å². The molecule has 1 fully saturated rings. The Bertz CT molecular complexity index is 369. The van der Waals surface area contributed by atoms with Gasteiger partial charge in [-0.15, -0.1) is 0 Å². The summed E-state index contributed by atoms with van der Waals surface area (Å²) in [6, 6.07) is 8.29. The van der Waals surface area contributed by atoms with E-state index in [1.54, 1.807) is 7.11 Å². The standard InChI is InChI=1S/C16H25NO/c1-3-12-8-10-13(11-9-12)16(17)14-6-4-5-7-15(14)18-2/h4-7,12-13,16H,3,8-11,17H2,1-2H3. The zero-order chi connectivity index (χ0) is 13.0. The third-order valence-corrected chi connectivity index (χ3v) is 4.47. The van der Waals surface area contributed by atoms with Gasteiger partial charge in [-0.25, -0.2) is 0 Å². The molecule has 2 heteroatoms. The molecule has 2 nitrogen and oxygen atoms in total. The van der Waals surface area contributed by atoms with Crippen LogP contribution in [0.25, 0.3) is 0 Å². The SMILES string of the molecule is CCC1CCC(C(N)c2ccccc2OC)CC1. The van der Waals surface area contributed by atoms with E-state index in [0.29, 0.717) is 5.92 Å². The molecule has 0 radical (unpaired) electrons. The monoisotopic (exact) mass is 247 g/mol. The van der Waals surface area contributed by atoms with Gasteiger partial charge in [-0.3, -0.25) is 0 Å². The lowest BCUT2D eigenvalue weighted by Gasteiger charge is -2.32. The van der Waals surface area contributed by atoms with Gasteiger partial charge in [0.25, 0.3) is 0 Å². The van der Waals surface area contributed by atoms with Gasteiger partial charge in [0.15, 0.2) is 0 Å². The molecule has 0 aliphatic heterocycles. The average Bonchev–Trinajstić information content (AvgIpc) is 2.46. The van der Waals surface area contributed by atoms with Crippen LogP contribution in [0.3, 0.4) is 0 Å². The van der Waals surface area contributed by atoms with Crippen LogP contribution < -0.4 is 10.5 Å². The third kappa shape index (κ3) is 2.86. The van der Waals surface area contributed by atoms with E-state index in [1.165, 1.54) is 37.7 Å². The third-order valence-electron chi connectivity index (χ3n) is 4.47. The van der Waals surface area contributed by atoms with Gasteiger partial charge in [-0.2, -0.15) is 0 Å². The zero-order valence-electron chi connectivity index (χ0n) is 11.6. The quantitative estimate of drug-likeness (QED) is 0.875. The molecule has 0 aromatic heterocycles. The van der Waals surface area contributed by atoms with Crippen molar-refractivity contribution in [1.29, 1.82) is 0 Å². The number of ether oxygens (including phenoxy) is 1. The van der Waals surface area contributed by atoms with Gasteiger partial charge in [-0.05, 0) is 30.7 Å². The van der Waals surface area contributed by atoms with Crippen molar-refractivity contribution in [3.05, 3.63) is 29.8 Å². The second-order valence-corrected chi connectivity index (χ2v) is 5.46. The van der Waals surface area contributed by atoms with Crippen LogP contribution in [0.1, 0.15) is 50.6 Å². The molecule has 18 heavy (non-hydrogen) atoms. The molecule has 1 aliphatic rings. The summed E-state index contributed by atoms with van der Waals surface area (Å²) in [4.78, 5) is 0. The highest BCUT2D eigenvalue weighted by atomic mass is 16.5. The van der Waals surface area contributed by atoms with Crippen LogP contribution in [0.4, 0.5) is 0 Å². The highest BCUT2D eigenvalue weighted by Crippen LogP contribution is 2.38. The maximum Gasteiger partial charge on any atom is 0.123 e. The van der Waals surface area contributed by atoms with Gasteiger partial charge in [0.2, 0.25) is 0 Å². The fourth-order valence-corrected chi connectivity index (χ4v) is 3.15. The summed E-state index contributed by atoms with van der Waals surface area (Å²) in [6.07, 6.45) is 6.51. The van der Waals surface area contributed by atoms with Crippen LogP contribution >= 0.6 is 0 Å². The van der Waals surface area contributed by atoms with E-state index in [2.05, 4.69) is 19.1 Å². The highest BCUT2D eigenvalue weighted by Gasteiger charge is 2.27. The molecule has 0 heterocycles. The first-order valence-corrected chi connectivity index (χ1v) is 7.14. The van der Waals surface area contributed by atoms with Crippen molar-refractivity contribution >= 4 is 0 Å².